The van der Waals surface area contributed by atoms with Crippen molar-refractivity contribution in [2.75, 3.05) is 16.0 Å². The summed E-state index contributed by atoms with van der Waals surface area (Å²) in [6.45, 7) is 0. The number of rotatable bonds is 3. The van der Waals surface area contributed by atoms with Gasteiger partial charge in [0.15, 0.2) is 0 Å². The minimum atomic E-state index is -0.423. The first-order chi connectivity index (χ1) is 14.7. The third kappa shape index (κ3) is 3.33. The van der Waals surface area contributed by atoms with Crippen LogP contribution in [0.25, 0.3) is 10.9 Å². The van der Waals surface area contributed by atoms with Crippen LogP contribution in [0.2, 0.25) is 0 Å². The average Bonchev–Trinajstić information content (AvgIpc) is 3.09. The third-order valence-electron chi connectivity index (χ3n) is 4.98. The van der Waals surface area contributed by atoms with Gasteiger partial charge in [0.1, 0.15) is 5.92 Å². The van der Waals surface area contributed by atoms with E-state index in [2.05, 4.69) is 20.9 Å². The Labute approximate surface area is 172 Å². The maximum Gasteiger partial charge on any atom is 0.323 e. The topological polar surface area (TPSA) is 96.0 Å². The summed E-state index contributed by atoms with van der Waals surface area (Å²) in [5.41, 5.74) is 4.45. The summed E-state index contributed by atoms with van der Waals surface area (Å²) in [7, 11) is 0. The third-order valence-corrected chi connectivity index (χ3v) is 4.98. The fraction of sp³-hybridized carbons (Fsp3) is 0.0435. The lowest BCUT2D eigenvalue weighted by Gasteiger charge is -2.11. The predicted octanol–water partition coefficient (Wildman–Crippen LogP) is 4.36. The van der Waals surface area contributed by atoms with Crippen molar-refractivity contribution in [1.29, 1.82) is 0 Å². The summed E-state index contributed by atoms with van der Waals surface area (Å²) < 4.78 is 0. The summed E-state index contributed by atoms with van der Waals surface area (Å²) in [6.07, 6.45) is 3.21. The van der Waals surface area contributed by atoms with Crippen molar-refractivity contribution in [1.82, 2.24) is 9.97 Å². The summed E-state index contributed by atoms with van der Waals surface area (Å²) in [5.74, 6) is -0.498. The molecule has 4 aromatic rings. The van der Waals surface area contributed by atoms with Gasteiger partial charge in [0.25, 0.3) is 0 Å². The van der Waals surface area contributed by atoms with E-state index in [1.807, 2.05) is 48.5 Å². The fourth-order valence-corrected chi connectivity index (χ4v) is 3.61. The number of carbonyl (C=O) groups is 2. The first-order valence-corrected chi connectivity index (χ1v) is 9.46. The molecule has 1 aliphatic rings. The van der Waals surface area contributed by atoms with Crippen LogP contribution >= 0.6 is 0 Å². The number of benzene rings is 2. The predicted molar refractivity (Wildman–Crippen MR) is 116 cm³/mol. The highest BCUT2D eigenvalue weighted by Gasteiger charge is 2.32. The molecule has 7 heteroatoms. The molecular weight excluding hydrogens is 378 g/mol. The Balaban J connectivity index is 1.38. The standard InChI is InChI=1S/C23H17N5O2/c29-22-21(17-5-1-2-6-19(17)28-22)20-9-7-14-12-15(8-10-18(14)27-20)25-23(30)26-16-4-3-11-24-13-16/h1-13,21H,(H,28,29)(H2,25,26,30). The van der Waals surface area contributed by atoms with Crippen molar-refractivity contribution in [3.8, 4) is 0 Å². The first-order valence-electron chi connectivity index (χ1n) is 9.46. The summed E-state index contributed by atoms with van der Waals surface area (Å²) in [5, 5.41) is 9.30. The molecule has 0 aliphatic carbocycles. The van der Waals surface area contributed by atoms with Gasteiger partial charge < -0.3 is 16.0 Å². The number of anilines is 3. The molecule has 3 N–H and O–H groups in total. The van der Waals surface area contributed by atoms with Crippen LogP contribution in [-0.2, 0) is 4.79 Å². The van der Waals surface area contributed by atoms with Crippen LogP contribution in [0.1, 0.15) is 17.2 Å². The van der Waals surface area contributed by atoms with Crippen LogP contribution in [0.15, 0.2) is 79.1 Å². The minimum Gasteiger partial charge on any atom is -0.325 e. The molecule has 0 fully saturated rings. The van der Waals surface area contributed by atoms with Crippen molar-refractivity contribution in [2.24, 2.45) is 0 Å². The second kappa shape index (κ2) is 7.29. The normalized spacial score (nSPS) is 14.8. The SMILES string of the molecule is O=C(Nc1cccnc1)Nc1ccc2nc(C3C(=O)Nc4ccccc43)ccc2c1. The Hall–Kier alpha value is -4.26. The molecule has 30 heavy (non-hydrogen) atoms. The van der Waals surface area contributed by atoms with E-state index in [9.17, 15) is 9.59 Å². The zero-order valence-electron chi connectivity index (χ0n) is 15.8. The number of carbonyl (C=O) groups excluding carboxylic acids is 2. The number of nitrogens with one attached hydrogen (secondary N) is 3. The van der Waals surface area contributed by atoms with Crippen LogP contribution in [0.5, 0.6) is 0 Å². The van der Waals surface area contributed by atoms with Gasteiger partial charge in [-0.2, -0.15) is 0 Å². The number of pyridine rings is 2. The van der Waals surface area contributed by atoms with Crippen LogP contribution in [0.3, 0.4) is 0 Å². The van der Waals surface area contributed by atoms with Crippen LogP contribution < -0.4 is 16.0 Å². The van der Waals surface area contributed by atoms with Gasteiger partial charge in [-0.3, -0.25) is 14.8 Å². The highest BCUT2D eigenvalue weighted by Crippen LogP contribution is 2.36. The Morgan fingerprint density at radius 1 is 0.933 bits per heavy atom. The Bertz CT molecular complexity index is 1270. The molecule has 3 amide bonds. The summed E-state index contributed by atoms with van der Waals surface area (Å²) in [4.78, 5) is 33.3. The number of hydrogen-bond acceptors (Lipinski definition) is 4. The van der Waals surface area contributed by atoms with Crippen molar-refractivity contribution in [3.63, 3.8) is 0 Å². The quantitative estimate of drug-likeness (QED) is 0.480. The van der Waals surface area contributed by atoms with Crippen LogP contribution in [0.4, 0.5) is 21.9 Å². The first kappa shape index (κ1) is 17.8. The monoisotopic (exact) mass is 395 g/mol. The molecule has 0 saturated carbocycles. The number of nitrogens with zero attached hydrogens (tertiary/aromatic N) is 2. The number of hydrogen-bond donors (Lipinski definition) is 3. The maximum atomic E-state index is 12.5. The second-order valence-electron chi connectivity index (χ2n) is 6.97. The highest BCUT2D eigenvalue weighted by atomic mass is 16.2. The molecule has 2 aromatic heterocycles. The van der Waals surface area contributed by atoms with Gasteiger partial charge in [0, 0.05) is 23.0 Å². The molecule has 0 saturated heterocycles. The number of aromatic nitrogens is 2. The van der Waals surface area contributed by atoms with Gasteiger partial charge in [-0.1, -0.05) is 24.3 Å². The zero-order valence-corrected chi connectivity index (χ0v) is 15.8. The molecule has 2 aromatic carbocycles. The van der Waals surface area contributed by atoms with Crippen molar-refractivity contribution in [2.45, 2.75) is 5.92 Å². The Morgan fingerprint density at radius 2 is 1.80 bits per heavy atom. The van der Waals surface area contributed by atoms with Crippen LogP contribution in [0, 0.1) is 0 Å². The van der Waals surface area contributed by atoms with E-state index in [4.69, 9.17) is 4.98 Å². The lowest BCUT2D eigenvalue weighted by atomic mass is 9.96. The van der Waals surface area contributed by atoms with Gasteiger partial charge in [-0.05, 0) is 48.0 Å². The number of urea groups is 1. The molecule has 5 rings (SSSR count). The lowest BCUT2D eigenvalue weighted by molar-refractivity contribution is -0.116. The van der Waals surface area contributed by atoms with E-state index >= 15 is 0 Å². The minimum absolute atomic E-state index is 0.0755. The molecular formula is C23H17N5O2. The van der Waals surface area contributed by atoms with Gasteiger partial charge >= 0.3 is 6.03 Å². The van der Waals surface area contributed by atoms with E-state index in [0.717, 1.165) is 22.2 Å². The number of amides is 3. The largest absolute Gasteiger partial charge is 0.325 e. The molecule has 0 bridgehead atoms. The zero-order chi connectivity index (χ0) is 20.5. The van der Waals surface area contributed by atoms with Gasteiger partial charge in [0.05, 0.1) is 23.1 Å². The van der Waals surface area contributed by atoms with E-state index < -0.39 is 5.92 Å². The van der Waals surface area contributed by atoms with E-state index in [-0.39, 0.29) is 11.9 Å². The molecule has 146 valence electrons. The number of fused-ring (bicyclic) bond motifs is 2. The van der Waals surface area contributed by atoms with E-state index in [1.54, 1.807) is 30.6 Å². The molecule has 1 unspecified atom stereocenters. The molecule has 7 nitrogen and oxygen atoms in total. The average molecular weight is 395 g/mol. The van der Waals surface area contributed by atoms with Gasteiger partial charge in [-0.15, -0.1) is 0 Å². The molecule has 0 radical (unpaired) electrons. The van der Waals surface area contributed by atoms with E-state index in [1.165, 1.54) is 0 Å². The fourth-order valence-electron chi connectivity index (χ4n) is 3.61. The van der Waals surface area contributed by atoms with E-state index in [0.29, 0.717) is 17.1 Å². The Morgan fingerprint density at radius 3 is 2.67 bits per heavy atom. The van der Waals surface area contributed by atoms with Crippen molar-refractivity contribution >= 4 is 39.9 Å². The van der Waals surface area contributed by atoms with Gasteiger partial charge in [0.2, 0.25) is 5.91 Å². The molecule has 0 spiro atoms. The highest BCUT2D eigenvalue weighted by molar-refractivity contribution is 6.05. The molecule has 3 heterocycles. The van der Waals surface area contributed by atoms with Gasteiger partial charge in [-0.25, -0.2) is 4.79 Å². The molecule has 1 aliphatic heterocycles. The van der Waals surface area contributed by atoms with Crippen molar-refractivity contribution in [3.05, 3.63) is 90.4 Å². The lowest BCUT2D eigenvalue weighted by Crippen LogP contribution is -2.19. The van der Waals surface area contributed by atoms with Crippen LogP contribution in [-0.4, -0.2) is 21.9 Å². The number of para-hydroxylation sites is 1. The Kier molecular flexibility index (Phi) is 4.33. The maximum absolute atomic E-state index is 12.5. The second-order valence-corrected chi connectivity index (χ2v) is 6.97. The smallest absolute Gasteiger partial charge is 0.323 e. The van der Waals surface area contributed by atoms with Crippen molar-refractivity contribution < 1.29 is 9.59 Å². The summed E-state index contributed by atoms with van der Waals surface area (Å²) in [6, 6.07) is 20.0. The molecule has 1 atom stereocenters. The summed E-state index contributed by atoms with van der Waals surface area (Å²) >= 11 is 0.